The number of halogens is 1. The van der Waals surface area contributed by atoms with Gasteiger partial charge in [-0.2, -0.15) is 0 Å². The minimum atomic E-state index is -0.491. The molecule has 0 spiro atoms. The van der Waals surface area contributed by atoms with Gasteiger partial charge in [-0.3, -0.25) is 20.2 Å². The predicted molar refractivity (Wildman–Crippen MR) is 91.7 cm³/mol. The van der Waals surface area contributed by atoms with Gasteiger partial charge in [-0.1, -0.05) is 0 Å². The Hall–Kier alpha value is -3.27. The second-order valence-electron chi connectivity index (χ2n) is 4.86. The zero-order valence-electron chi connectivity index (χ0n) is 12.4. The van der Waals surface area contributed by atoms with Crippen molar-refractivity contribution in [1.29, 1.82) is 0 Å². The third-order valence-corrected chi connectivity index (χ3v) is 3.64. The minimum Gasteiger partial charge on any atom is -0.258 e. The van der Waals surface area contributed by atoms with Crippen molar-refractivity contribution in [2.45, 2.75) is 0 Å². The molecule has 0 aliphatic carbocycles. The Morgan fingerprint density at radius 3 is 1.36 bits per heavy atom. The predicted octanol–water partition coefficient (Wildman–Crippen LogP) is 3.78. The topological polar surface area (TPSA) is 125 Å². The van der Waals surface area contributed by atoms with E-state index in [2.05, 4.69) is 30.9 Å². The summed E-state index contributed by atoms with van der Waals surface area (Å²) >= 11 is 3.20. The van der Waals surface area contributed by atoms with Gasteiger partial charge in [-0.05, 0) is 40.2 Å². The maximum Gasteiger partial charge on any atom is 0.269 e. The highest BCUT2D eigenvalue weighted by atomic mass is 79.9. The van der Waals surface area contributed by atoms with Crippen LogP contribution in [0.25, 0.3) is 22.8 Å². The third kappa shape index (κ3) is 3.63. The van der Waals surface area contributed by atoms with E-state index in [0.29, 0.717) is 22.8 Å². The van der Waals surface area contributed by atoms with E-state index in [1.807, 2.05) is 0 Å². The van der Waals surface area contributed by atoms with Gasteiger partial charge < -0.3 is 0 Å². The molecule has 9 nitrogen and oxygen atoms in total. The maximum absolute atomic E-state index is 10.7. The first kappa shape index (κ1) is 16.6. The van der Waals surface area contributed by atoms with Crippen molar-refractivity contribution >= 4 is 27.3 Å². The fraction of sp³-hybridized carbons (Fsp3) is 0. The van der Waals surface area contributed by atoms with Crippen LogP contribution in [0.2, 0.25) is 0 Å². The number of hydrogen-bond acceptors (Lipinski definition) is 7. The third-order valence-electron chi connectivity index (χ3n) is 3.28. The Morgan fingerprint density at radius 2 is 1.04 bits per heavy atom. The second-order valence-corrected chi connectivity index (χ2v) is 5.57. The summed E-state index contributed by atoms with van der Waals surface area (Å²) in [7, 11) is 0. The molecule has 0 bridgehead atoms. The van der Waals surface area contributed by atoms with Crippen molar-refractivity contribution in [3.63, 3.8) is 0 Å². The molecule has 0 saturated carbocycles. The molecule has 124 valence electrons. The zero-order valence-corrected chi connectivity index (χ0v) is 14.0. The summed E-state index contributed by atoms with van der Waals surface area (Å²) < 4.78 is 0.282. The fourth-order valence-electron chi connectivity index (χ4n) is 2.07. The number of hydrogen-bond donors (Lipinski definition) is 0. The van der Waals surface area contributed by atoms with E-state index in [0.717, 1.165) is 0 Å². The first-order chi connectivity index (χ1) is 11.9. The quantitative estimate of drug-likeness (QED) is 0.480. The highest BCUT2D eigenvalue weighted by Crippen LogP contribution is 2.24. The SMILES string of the molecule is O=[N+]([O-])c1ccc(-c2nc(Br)nc(-c3ccc([N+](=O)[O-])cc3)n2)cc1. The lowest BCUT2D eigenvalue weighted by atomic mass is 10.1. The van der Waals surface area contributed by atoms with E-state index in [4.69, 9.17) is 0 Å². The Labute approximate surface area is 148 Å². The first-order valence-corrected chi connectivity index (χ1v) is 7.64. The van der Waals surface area contributed by atoms with Crippen molar-refractivity contribution in [2.75, 3.05) is 0 Å². The lowest BCUT2D eigenvalue weighted by molar-refractivity contribution is -0.385. The molecule has 0 radical (unpaired) electrons. The van der Waals surface area contributed by atoms with E-state index in [-0.39, 0.29) is 16.1 Å². The van der Waals surface area contributed by atoms with E-state index in [9.17, 15) is 20.2 Å². The summed E-state index contributed by atoms with van der Waals surface area (Å²) in [5.41, 5.74) is 1.09. The molecule has 0 unspecified atom stereocenters. The summed E-state index contributed by atoms with van der Waals surface area (Å²) in [6, 6.07) is 11.6. The Kier molecular flexibility index (Phi) is 4.44. The van der Waals surface area contributed by atoms with Crippen molar-refractivity contribution in [1.82, 2.24) is 15.0 Å². The lowest BCUT2D eigenvalue weighted by Gasteiger charge is -2.05. The van der Waals surface area contributed by atoms with Crippen LogP contribution < -0.4 is 0 Å². The number of nitro benzene ring substituents is 2. The molecule has 2 aromatic carbocycles. The van der Waals surface area contributed by atoms with Crippen LogP contribution in [0.1, 0.15) is 0 Å². The van der Waals surface area contributed by atoms with Crippen LogP contribution >= 0.6 is 15.9 Å². The van der Waals surface area contributed by atoms with Gasteiger partial charge in [0.15, 0.2) is 11.6 Å². The van der Waals surface area contributed by atoms with E-state index >= 15 is 0 Å². The standard InChI is InChI=1S/C15H8BrN5O4/c16-15-18-13(9-1-5-11(6-2-9)20(22)23)17-14(19-15)10-3-7-12(8-4-10)21(24)25/h1-8H. The van der Waals surface area contributed by atoms with Gasteiger partial charge in [-0.25, -0.2) is 15.0 Å². The Bertz CT molecular complexity index is 885. The zero-order chi connectivity index (χ0) is 18.0. The number of non-ortho nitro benzene ring substituents is 2. The molecule has 0 fully saturated rings. The summed E-state index contributed by atoms with van der Waals surface area (Å²) in [6.45, 7) is 0. The van der Waals surface area contributed by atoms with Crippen LogP contribution in [0.5, 0.6) is 0 Å². The summed E-state index contributed by atoms with van der Waals surface area (Å²) in [6.07, 6.45) is 0. The molecule has 0 amide bonds. The number of benzene rings is 2. The van der Waals surface area contributed by atoms with Crippen LogP contribution in [0.3, 0.4) is 0 Å². The highest BCUT2D eigenvalue weighted by molar-refractivity contribution is 9.10. The van der Waals surface area contributed by atoms with Gasteiger partial charge in [0, 0.05) is 35.4 Å². The van der Waals surface area contributed by atoms with Crippen LogP contribution in [-0.4, -0.2) is 24.8 Å². The molecule has 0 N–H and O–H groups in total. The van der Waals surface area contributed by atoms with Crippen molar-refractivity contribution < 1.29 is 9.85 Å². The lowest BCUT2D eigenvalue weighted by Crippen LogP contribution is -1.98. The van der Waals surface area contributed by atoms with Gasteiger partial charge in [0.2, 0.25) is 4.73 Å². The average Bonchev–Trinajstić information content (AvgIpc) is 2.61. The molecule has 25 heavy (non-hydrogen) atoms. The van der Waals surface area contributed by atoms with Crippen LogP contribution in [0, 0.1) is 20.2 Å². The smallest absolute Gasteiger partial charge is 0.258 e. The van der Waals surface area contributed by atoms with Crippen LogP contribution in [0.4, 0.5) is 11.4 Å². The molecule has 0 atom stereocenters. The molecular weight excluding hydrogens is 394 g/mol. The van der Waals surface area contributed by atoms with Gasteiger partial charge in [-0.15, -0.1) is 0 Å². The average molecular weight is 402 g/mol. The van der Waals surface area contributed by atoms with Crippen molar-refractivity contribution in [2.24, 2.45) is 0 Å². The van der Waals surface area contributed by atoms with Crippen molar-refractivity contribution in [3.8, 4) is 22.8 Å². The Morgan fingerprint density at radius 1 is 0.680 bits per heavy atom. The Balaban J connectivity index is 2.00. The number of nitro groups is 2. The summed E-state index contributed by atoms with van der Waals surface area (Å²) in [4.78, 5) is 33.1. The highest BCUT2D eigenvalue weighted by Gasteiger charge is 2.12. The summed E-state index contributed by atoms with van der Waals surface area (Å²) in [5.74, 6) is 0.648. The molecule has 3 aromatic rings. The van der Waals surface area contributed by atoms with E-state index in [1.54, 1.807) is 24.3 Å². The minimum absolute atomic E-state index is 0.0348. The van der Waals surface area contributed by atoms with Gasteiger partial charge in [0.05, 0.1) is 9.85 Å². The molecule has 1 aromatic heterocycles. The van der Waals surface area contributed by atoms with Crippen LogP contribution in [0.15, 0.2) is 53.3 Å². The molecule has 3 rings (SSSR count). The molecule has 0 aliphatic rings. The van der Waals surface area contributed by atoms with Crippen molar-refractivity contribution in [3.05, 3.63) is 73.5 Å². The first-order valence-electron chi connectivity index (χ1n) is 6.85. The van der Waals surface area contributed by atoms with Gasteiger partial charge in [0.1, 0.15) is 0 Å². The molecule has 0 aliphatic heterocycles. The molecule has 1 heterocycles. The summed E-state index contributed by atoms with van der Waals surface area (Å²) in [5, 5.41) is 21.5. The fourth-order valence-corrected chi connectivity index (χ4v) is 2.41. The second kappa shape index (κ2) is 6.69. The monoisotopic (exact) mass is 401 g/mol. The molecule has 0 saturated heterocycles. The number of nitrogens with zero attached hydrogens (tertiary/aromatic N) is 5. The van der Waals surface area contributed by atoms with Gasteiger partial charge >= 0.3 is 0 Å². The molecule has 10 heteroatoms. The largest absolute Gasteiger partial charge is 0.269 e. The normalized spacial score (nSPS) is 10.4. The van der Waals surface area contributed by atoms with E-state index in [1.165, 1.54) is 24.3 Å². The maximum atomic E-state index is 10.7. The number of aromatic nitrogens is 3. The number of rotatable bonds is 4. The van der Waals surface area contributed by atoms with Crippen LogP contribution in [-0.2, 0) is 0 Å². The molecular formula is C15H8BrN5O4. The van der Waals surface area contributed by atoms with E-state index < -0.39 is 9.85 Å². The van der Waals surface area contributed by atoms with Gasteiger partial charge in [0.25, 0.3) is 11.4 Å².